The van der Waals surface area contributed by atoms with Crippen LogP contribution in [-0.2, 0) is 0 Å². The molecular formula is C15H19ClN2. The van der Waals surface area contributed by atoms with E-state index in [2.05, 4.69) is 26.0 Å². The van der Waals surface area contributed by atoms with Gasteiger partial charge in [-0.1, -0.05) is 55.8 Å². The molecule has 3 heteroatoms. The summed E-state index contributed by atoms with van der Waals surface area (Å²) in [5.74, 6) is 0. The van der Waals surface area contributed by atoms with Crippen molar-refractivity contribution in [2.45, 2.75) is 39.7 Å². The average molecular weight is 263 g/mol. The fourth-order valence-corrected chi connectivity index (χ4v) is 2.51. The van der Waals surface area contributed by atoms with E-state index in [1.165, 1.54) is 0 Å². The maximum atomic E-state index is 6.42. The third-order valence-electron chi connectivity index (χ3n) is 3.41. The van der Waals surface area contributed by atoms with Gasteiger partial charge in [-0.05, 0) is 19.8 Å². The Balaban J connectivity index is 2.49. The second kappa shape index (κ2) is 5.57. The van der Waals surface area contributed by atoms with Crippen LogP contribution in [-0.4, -0.2) is 9.78 Å². The lowest BCUT2D eigenvalue weighted by atomic mass is 10.1. The molecule has 0 aliphatic carbocycles. The Kier molecular flexibility index (Phi) is 4.07. The van der Waals surface area contributed by atoms with Crippen molar-refractivity contribution in [1.82, 2.24) is 9.78 Å². The van der Waals surface area contributed by atoms with Crippen molar-refractivity contribution in [3.05, 3.63) is 41.0 Å². The molecule has 0 fully saturated rings. The van der Waals surface area contributed by atoms with Crippen LogP contribution in [0.4, 0.5) is 0 Å². The Morgan fingerprint density at radius 3 is 2.33 bits per heavy atom. The number of rotatable bonds is 4. The van der Waals surface area contributed by atoms with Crippen LogP contribution in [0.3, 0.4) is 0 Å². The van der Waals surface area contributed by atoms with E-state index in [-0.39, 0.29) is 0 Å². The molecular weight excluding hydrogens is 244 g/mol. The average Bonchev–Trinajstić information content (AvgIpc) is 2.70. The van der Waals surface area contributed by atoms with Crippen molar-refractivity contribution in [2.24, 2.45) is 0 Å². The van der Waals surface area contributed by atoms with E-state index in [1.807, 2.05) is 29.8 Å². The van der Waals surface area contributed by atoms with Gasteiger partial charge in [0.2, 0.25) is 0 Å². The van der Waals surface area contributed by atoms with Crippen molar-refractivity contribution in [3.63, 3.8) is 0 Å². The number of hydrogen-bond donors (Lipinski definition) is 0. The number of nitrogens with zero attached hydrogens (tertiary/aromatic N) is 2. The highest BCUT2D eigenvalue weighted by Crippen LogP contribution is 2.31. The molecule has 0 atom stereocenters. The third kappa shape index (κ3) is 2.30. The molecule has 2 nitrogen and oxygen atoms in total. The van der Waals surface area contributed by atoms with Crippen LogP contribution in [0, 0.1) is 6.92 Å². The van der Waals surface area contributed by atoms with Gasteiger partial charge in [-0.15, -0.1) is 0 Å². The highest BCUT2D eigenvalue weighted by molar-refractivity contribution is 6.30. The molecule has 0 aliphatic heterocycles. The minimum atomic E-state index is 0.383. The molecule has 0 unspecified atom stereocenters. The summed E-state index contributed by atoms with van der Waals surface area (Å²) in [6.07, 6.45) is 2.09. The Hall–Kier alpha value is -1.28. The van der Waals surface area contributed by atoms with E-state index in [4.69, 9.17) is 16.7 Å². The first-order valence-electron chi connectivity index (χ1n) is 6.49. The summed E-state index contributed by atoms with van der Waals surface area (Å²) in [5, 5.41) is 5.47. The Morgan fingerprint density at radius 2 is 1.78 bits per heavy atom. The molecule has 0 spiro atoms. The Bertz CT molecular complexity index is 513. The van der Waals surface area contributed by atoms with E-state index >= 15 is 0 Å². The zero-order valence-electron chi connectivity index (χ0n) is 11.2. The largest absolute Gasteiger partial charge is 0.250 e. The topological polar surface area (TPSA) is 17.8 Å². The zero-order chi connectivity index (χ0) is 13.1. The number of halogens is 1. The van der Waals surface area contributed by atoms with Gasteiger partial charge in [-0.2, -0.15) is 5.10 Å². The van der Waals surface area contributed by atoms with Crippen molar-refractivity contribution in [1.29, 1.82) is 0 Å². The minimum absolute atomic E-state index is 0.383. The maximum Gasteiger partial charge on any atom is 0.130 e. The maximum absolute atomic E-state index is 6.42. The standard InChI is InChI=1S/C15H19ClN2/c1-4-13(5-2)18-15(16)11(3)14(17-18)12-9-7-6-8-10-12/h6-10,13H,4-5H2,1-3H3. The molecule has 0 radical (unpaired) electrons. The van der Waals surface area contributed by atoms with Gasteiger partial charge in [-0.25, -0.2) is 0 Å². The molecule has 0 aliphatic rings. The summed E-state index contributed by atoms with van der Waals surface area (Å²) < 4.78 is 1.97. The predicted molar refractivity (Wildman–Crippen MR) is 77.0 cm³/mol. The van der Waals surface area contributed by atoms with Crippen molar-refractivity contribution >= 4 is 11.6 Å². The van der Waals surface area contributed by atoms with E-state index in [0.29, 0.717) is 6.04 Å². The van der Waals surface area contributed by atoms with Gasteiger partial charge in [0.05, 0.1) is 11.7 Å². The smallest absolute Gasteiger partial charge is 0.130 e. The summed E-state index contributed by atoms with van der Waals surface area (Å²) in [6.45, 7) is 6.38. The molecule has 0 saturated heterocycles. The lowest BCUT2D eigenvalue weighted by Gasteiger charge is -2.13. The highest BCUT2D eigenvalue weighted by atomic mass is 35.5. The Labute approximate surface area is 114 Å². The molecule has 2 aromatic rings. The lowest BCUT2D eigenvalue weighted by molar-refractivity contribution is 0.430. The second-order valence-corrected chi connectivity index (χ2v) is 4.90. The minimum Gasteiger partial charge on any atom is -0.250 e. The van der Waals surface area contributed by atoms with Gasteiger partial charge < -0.3 is 0 Å². The second-order valence-electron chi connectivity index (χ2n) is 4.55. The first-order chi connectivity index (χ1) is 8.69. The molecule has 18 heavy (non-hydrogen) atoms. The third-order valence-corrected chi connectivity index (χ3v) is 3.87. The SMILES string of the molecule is CCC(CC)n1nc(-c2ccccc2)c(C)c1Cl. The van der Waals surface area contributed by atoms with Crippen molar-refractivity contribution in [2.75, 3.05) is 0 Å². The van der Waals surface area contributed by atoms with Gasteiger partial charge in [-0.3, -0.25) is 4.68 Å². The summed E-state index contributed by atoms with van der Waals surface area (Å²) in [6, 6.07) is 10.6. The molecule has 0 amide bonds. The van der Waals surface area contributed by atoms with Crippen LogP contribution in [0.25, 0.3) is 11.3 Å². The van der Waals surface area contributed by atoms with E-state index in [0.717, 1.165) is 34.8 Å². The van der Waals surface area contributed by atoms with Crippen LogP contribution < -0.4 is 0 Å². The van der Waals surface area contributed by atoms with Gasteiger partial charge in [0.1, 0.15) is 5.15 Å². The molecule has 2 rings (SSSR count). The molecule has 96 valence electrons. The highest BCUT2D eigenvalue weighted by Gasteiger charge is 2.18. The van der Waals surface area contributed by atoms with Gasteiger partial charge >= 0.3 is 0 Å². The molecule has 1 heterocycles. The summed E-state index contributed by atoms with van der Waals surface area (Å²) in [5.41, 5.74) is 3.18. The van der Waals surface area contributed by atoms with E-state index in [9.17, 15) is 0 Å². The van der Waals surface area contributed by atoms with Crippen molar-refractivity contribution < 1.29 is 0 Å². The fraction of sp³-hybridized carbons (Fsp3) is 0.400. The first kappa shape index (κ1) is 13.2. The van der Waals surface area contributed by atoms with Crippen LogP contribution in [0.15, 0.2) is 30.3 Å². The summed E-state index contributed by atoms with van der Waals surface area (Å²) in [7, 11) is 0. The number of aromatic nitrogens is 2. The van der Waals surface area contributed by atoms with E-state index < -0.39 is 0 Å². The summed E-state index contributed by atoms with van der Waals surface area (Å²) >= 11 is 6.42. The number of hydrogen-bond acceptors (Lipinski definition) is 1. The predicted octanol–water partition coefficient (Wildman–Crippen LogP) is 4.87. The normalized spacial score (nSPS) is 11.2. The van der Waals surface area contributed by atoms with Crippen molar-refractivity contribution in [3.8, 4) is 11.3 Å². The zero-order valence-corrected chi connectivity index (χ0v) is 11.9. The molecule has 1 aromatic heterocycles. The van der Waals surface area contributed by atoms with Crippen LogP contribution in [0.5, 0.6) is 0 Å². The quantitative estimate of drug-likeness (QED) is 0.768. The summed E-state index contributed by atoms with van der Waals surface area (Å²) in [4.78, 5) is 0. The monoisotopic (exact) mass is 262 g/mol. The molecule has 1 aromatic carbocycles. The Morgan fingerprint density at radius 1 is 1.17 bits per heavy atom. The van der Waals surface area contributed by atoms with Crippen LogP contribution >= 0.6 is 11.6 Å². The fourth-order valence-electron chi connectivity index (χ4n) is 2.24. The molecule has 0 N–H and O–H groups in total. The van der Waals surface area contributed by atoms with Gasteiger partial charge in [0.25, 0.3) is 0 Å². The lowest BCUT2D eigenvalue weighted by Crippen LogP contribution is -2.08. The first-order valence-corrected chi connectivity index (χ1v) is 6.86. The van der Waals surface area contributed by atoms with Gasteiger partial charge in [0.15, 0.2) is 0 Å². The molecule has 0 saturated carbocycles. The van der Waals surface area contributed by atoms with E-state index in [1.54, 1.807) is 0 Å². The van der Waals surface area contributed by atoms with Crippen LogP contribution in [0.1, 0.15) is 38.3 Å². The number of benzene rings is 1. The molecule has 0 bridgehead atoms. The van der Waals surface area contributed by atoms with Crippen LogP contribution in [0.2, 0.25) is 5.15 Å². The van der Waals surface area contributed by atoms with Gasteiger partial charge in [0, 0.05) is 11.1 Å².